The van der Waals surface area contributed by atoms with E-state index in [9.17, 15) is 0 Å². The van der Waals surface area contributed by atoms with E-state index >= 15 is 0 Å². The summed E-state index contributed by atoms with van der Waals surface area (Å²) in [6.07, 6.45) is 3.00. The molecule has 0 bridgehead atoms. The summed E-state index contributed by atoms with van der Waals surface area (Å²) in [5.41, 5.74) is 6.78. The second-order valence-corrected chi connectivity index (χ2v) is 3.45. The molecule has 1 aromatic heterocycles. The molecule has 0 fully saturated rings. The third-order valence-electron chi connectivity index (χ3n) is 2.46. The number of nitrogens with two attached hydrogens (primary N) is 1. The first-order valence-corrected chi connectivity index (χ1v) is 4.80. The van der Waals surface area contributed by atoms with Gasteiger partial charge in [-0.25, -0.2) is 0 Å². The number of hydrogen-bond donors (Lipinski definition) is 3. The molecule has 13 heavy (non-hydrogen) atoms. The van der Waals surface area contributed by atoms with Gasteiger partial charge in [-0.3, -0.25) is 0 Å². The zero-order chi connectivity index (χ0) is 9.68. The Kier molecular flexibility index (Phi) is 3.99. The van der Waals surface area contributed by atoms with Crippen molar-refractivity contribution < 1.29 is 0 Å². The standard InChI is InChI=1S/C10H19N3/c1-8(5-6-11)10(12-2)9-4-3-7-13-9/h3-4,7-8,10,12-13H,5-6,11H2,1-2H3. The number of aromatic amines is 1. The quantitative estimate of drug-likeness (QED) is 0.640. The van der Waals surface area contributed by atoms with Gasteiger partial charge in [0.2, 0.25) is 0 Å². The normalized spacial score (nSPS) is 15.6. The Hall–Kier alpha value is -0.800. The molecular weight excluding hydrogens is 162 g/mol. The Morgan fingerprint density at radius 2 is 2.38 bits per heavy atom. The van der Waals surface area contributed by atoms with Gasteiger partial charge in [0.15, 0.2) is 0 Å². The van der Waals surface area contributed by atoms with Crippen LogP contribution in [0, 0.1) is 5.92 Å². The van der Waals surface area contributed by atoms with Gasteiger partial charge in [0, 0.05) is 17.9 Å². The van der Waals surface area contributed by atoms with E-state index in [0.29, 0.717) is 12.0 Å². The second kappa shape index (κ2) is 5.04. The van der Waals surface area contributed by atoms with Crippen LogP contribution >= 0.6 is 0 Å². The maximum absolute atomic E-state index is 5.54. The van der Waals surface area contributed by atoms with Crippen LogP contribution in [0.2, 0.25) is 0 Å². The van der Waals surface area contributed by atoms with E-state index in [-0.39, 0.29) is 0 Å². The van der Waals surface area contributed by atoms with Crippen molar-refractivity contribution >= 4 is 0 Å². The van der Waals surface area contributed by atoms with Crippen molar-refractivity contribution in [1.29, 1.82) is 0 Å². The zero-order valence-electron chi connectivity index (χ0n) is 8.38. The first kappa shape index (κ1) is 10.3. The predicted molar refractivity (Wildman–Crippen MR) is 55.4 cm³/mol. The maximum atomic E-state index is 5.54. The lowest BCUT2D eigenvalue weighted by molar-refractivity contribution is 0.385. The van der Waals surface area contributed by atoms with Crippen LogP contribution in [-0.2, 0) is 0 Å². The van der Waals surface area contributed by atoms with Crippen molar-refractivity contribution in [2.75, 3.05) is 13.6 Å². The van der Waals surface area contributed by atoms with Crippen LogP contribution in [0.15, 0.2) is 18.3 Å². The Morgan fingerprint density at radius 3 is 2.85 bits per heavy atom. The average molecular weight is 181 g/mol. The molecule has 0 aliphatic heterocycles. The molecule has 74 valence electrons. The minimum Gasteiger partial charge on any atom is -0.364 e. The molecule has 1 heterocycles. The van der Waals surface area contributed by atoms with Gasteiger partial charge in [-0.05, 0) is 38.1 Å². The van der Waals surface area contributed by atoms with Crippen LogP contribution in [0.1, 0.15) is 25.1 Å². The molecule has 0 radical (unpaired) electrons. The number of nitrogens with one attached hydrogen (secondary N) is 2. The molecule has 1 rings (SSSR count). The SMILES string of the molecule is CNC(c1ccc[nH]1)C(C)CCN. The first-order chi connectivity index (χ1) is 6.29. The fourth-order valence-corrected chi connectivity index (χ4v) is 1.71. The molecule has 3 nitrogen and oxygen atoms in total. The number of aromatic nitrogens is 1. The predicted octanol–water partition coefficient (Wildman–Crippen LogP) is 1.26. The first-order valence-electron chi connectivity index (χ1n) is 4.80. The summed E-state index contributed by atoms with van der Waals surface area (Å²) in [4.78, 5) is 3.22. The lowest BCUT2D eigenvalue weighted by atomic mass is 9.96. The van der Waals surface area contributed by atoms with Gasteiger partial charge < -0.3 is 16.0 Å². The Bertz CT molecular complexity index is 218. The monoisotopic (exact) mass is 181 g/mol. The van der Waals surface area contributed by atoms with Gasteiger partial charge in [-0.2, -0.15) is 0 Å². The van der Waals surface area contributed by atoms with Crippen molar-refractivity contribution in [3.05, 3.63) is 24.0 Å². The Labute approximate surface area is 79.7 Å². The number of rotatable bonds is 5. The lowest BCUT2D eigenvalue weighted by Crippen LogP contribution is -2.25. The molecule has 2 unspecified atom stereocenters. The molecule has 0 aliphatic carbocycles. The summed E-state index contributed by atoms with van der Waals surface area (Å²) in [5, 5.41) is 3.30. The molecule has 1 aromatic rings. The molecule has 0 spiro atoms. The fourth-order valence-electron chi connectivity index (χ4n) is 1.71. The van der Waals surface area contributed by atoms with Gasteiger partial charge in [0.25, 0.3) is 0 Å². The Balaban J connectivity index is 2.62. The molecule has 0 aromatic carbocycles. The van der Waals surface area contributed by atoms with E-state index in [1.165, 1.54) is 5.69 Å². The van der Waals surface area contributed by atoms with E-state index in [1.54, 1.807) is 0 Å². The highest BCUT2D eigenvalue weighted by atomic mass is 14.9. The van der Waals surface area contributed by atoms with Crippen molar-refractivity contribution in [3.63, 3.8) is 0 Å². The van der Waals surface area contributed by atoms with Gasteiger partial charge >= 0.3 is 0 Å². The third-order valence-corrected chi connectivity index (χ3v) is 2.46. The van der Waals surface area contributed by atoms with Gasteiger partial charge in [0.1, 0.15) is 0 Å². The smallest absolute Gasteiger partial charge is 0.0496 e. The van der Waals surface area contributed by atoms with Crippen LogP contribution in [0.4, 0.5) is 0 Å². The van der Waals surface area contributed by atoms with Crippen molar-refractivity contribution in [1.82, 2.24) is 10.3 Å². The molecule has 0 aliphatic rings. The van der Waals surface area contributed by atoms with Crippen LogP contribution in [0.5, 0.6) is 0 Å². The molecule has 4 N–H and O–H groups in total. The van der Waals surface area contributed by atoms with Gasteiger partial charge in [0.05, 0.1) is 0 Å². The summed E-state index contributed by atoms with van der Waals surface area (Å²) >= 11 is 0. The second-order valence-electron chi connectivity index (χ2n) is 3.45. The summed E-state index contributed by atoms with van der Waals surface area (Å²) in [6, 6.07) is 4.52. The molecular formula is C10H19N3. The van der Waals surface area contributed by atoms with E-state index in [1.807, 2.05) is 19.3 Å². The Morgan fingerprint density at radius 1 is 1.62 bits per heavy atom. The molecule has 3 heteroatoms. The van der Waals surface area contributed by atoms with Crippen molar-refractivity contribution in [2.24, 2.45) is 11.7 Å². The van der Waals surface area contributed by atoms with E-state index in [2.05, 4.69) is 23.3 Å². The topological polar surface area (TPSA) is 53.8 Å². The highest BCUT2D eigenvalue weighted by Crippen LogP contribution is 2.21. The summed E-state index contributed by atoms with van der Waals surface area (Å²) in [6.45, 7) is 2.97. The summed E-state index contributed by atoms with van der Waals surface area (Å²) in [7, 11) is 1.98. The average Bonchev–Trinajstić information content (AvgIpc) is 2.59. The molecule has 2 atom stereocenters. The van der Waals surface area contributed by atoms with Crippen LogP contribution in [-0.4, -0.2) is 18.6 Å². The summed E-state index contributed by atoms with van der Waals surface area (Å²) in [5.74, 6) is 0.564. The van der Waals surface area contributed by atoms with E-state index < -0.39 is 0 Å². The fraction of sp³-hybridized carbons (Fsp3) is 0.600. The van der Waals surface area contributed by atoms with Crippen LogP contribution in [0.25, 0.3) is 0 Å². The largest absolute Gasteiger partial charge is 0.364 e. The van der Waals surface area contributed by atoms with Gasteiger partial charge in [-0.1, -0.05) is 6.92 Å². The van der Waals surface area contributed by atoms with Crippen molar-refractivity contribution in [3.8, 4) is 0 Å². The molecule has 0 amide bonds. The van der Waals surface area contributed by atoms with E-state index in [4.69, 9.17) is 5.73 Å². The molecule has 0 saturated carbocycles. The van der Waals surface area contributed by atoms with Crippen LogP contribution in [0.3, 0.4) is 0 Å². The third kappa shape index (κ3) is 2.57. The van der Waals surface area contributed by atoms with E-state index in [0.717, 1.165) is 13.0 Å². The van der Waals surface area contributed by atoms with Crippen molar-refractivity contribution in [2.45, 2.75) is 19.4 Å². The molecule has 0 saturated heterocycles. The maximum Gasteiger partial charge on any atom is 0.0496 e. The highest BCUT2D eigenvalue weighted by Gasteiger charge is 2.16. The highest BCUT2D eigenvalue weighted by molar-refractivity contribution is 5.09. The summed E-state index contributed by atoms with van der Waals surface area (Å²) < 4.78 is 0. The number of hydrogen-bond acceptors (Lipinski definition) is 2. The van der Waals surface area contributed by atoms with Gasteiger partial charge in [-0.15, -0.1) is 0 Å². The minimum atomic E-state index is 0.388. The lowest BCUT2D eigenvalue weighted by Gasteiger charge is -2.22. The number of H-pyrrole nitrogens is 1. The minimum absolute atomic E-state index is 0.388. The van der Waals surface area contributed by atoms with Crippen LogP contribution < -0.4 is 11.1 Å². The zero-order valence-corrected chi connectivity index (χ0v) is 8.38.